The highest BCUT2D eigenvalue weighted by Gasteiger charge is 2.24. The van der Waals surface area contributed by atoms with Crippen LogP contribution in [0.15, 0.2) is 58.5 Å². The number of halogens is 1. The van der Waals surface area contributed by atoms with Gasteiger partial charge in [-0.15, -0.1) is 24.0 Å². The zero-order chi connectivity index (χ0) is 19.9. The normalized spacial score (nSPS) is 12.2. The molecule has 0 amide bonds. The van der Waals surface area contributed by atoms with E-state index in [4.69, 9.17) is 0 Å². The summed E-state index contributed by atoms with van der Waals surface area (Å²) < 4.78 is 28.1. The fraction of sp³-hybridized carbons (Fsp3) is 0.368. The van der Waals surface area contributed by atoms with E-state index in [1.165, 1.54) is 0 Å². The quantitative estimate of drug-likeness (QED) is 0.311. The second kappa shape index (κ2) is 10.7. The van der Waals surface area contributed by atoms with Crippen LogP contribution in [-0.2, 0) is 23.1 Å². The van der Waals surface area contributed by atoms with Crippen molar-refractivity contribution in [2.45, 2.75) is 44.3 Å². The highest BCUT2D eigenvalue weighted by molar-refractivity contribution is 14.0. The lowest BCUT2D eigenvalue weighted by Crippen LogP contribution is -2.41. The third kappa shape index (κ3) is 7.72. The van der Waals surface area contributed by atoms with E-state index in [9.17, 15) is 8.42 Å². The first-order valence-electron chi connectivity index (χ1n) is 8.67. The molecule has 1 heterocycles. The van der Waals surface area contributed by atoms with Crippen LogP contribution in [0.3, 0.4) is 0 Å². The van der Waals surface area contributed by atoms with Gasteiger partial charge < -0.3 is 10.6 Å². The number of hydrogen-bond acceptors (Lipinski definition) is 4. The Morgan fingerprint density at radius 3 is 2.29 bits per heavy atom. The summed E-state index contributed by atoms with van der Waals surface area (Å²) in [7, 11) is -1.95. The number of guanidine groups is 1. The van der Waals surface area contributed by atoms with Gasteiger partial charge in [0.15, 0.2) is 5.96 Å². The van der Waals surface area contributed by atoms with Gasteiger partial charge in [0.25, 0.3) is 0 Å². The molecule has 0 unspecified atom stereocenters. The molecular weight excluding hydrogens is 489 g/mol. The largest absolute Gasteiger partial charge is 0.352 e. The Bertz CT molecular complexity index is 881. The number of pyridine rings is 1. The number of nitrogens with one attached hydrogen (secondary N) is 3. The van der Waals surface area contributed by atoms with Crippen molar-refractivity contribution in [1.82, 2.24) is 20.3 Å². The van der Waals surface area contributed by atoms with Crippen LogP contribution in [0.2, 0.25) is 0 Å². The van der Waals surface area contributed by atoms with Crippen LogP contribution in [0.5, 0.6) is 0 Å². The van der Waals surface area contributed by atoms with Crippen LogP contribution in [0, 0.1) is 0 Å². The Labute approximate surface area is 184 Å². The molecule has 28 heavy (non-hydrogen) atoms. The van der Waals surface area contributed by atoms with Gasteiger partial charge >= 0.3 is 0 Å². The number of aliphatic imine (C=N–C) groups is 1. The summed E-state index contributed by atoms with van der Waals surface area (Å²) in [5.74, 6) is 0.566. The van der Waals surface area contributed by atoms with Gasteiger partial charge in [0, 0.05) is 25.3 Å². The molecule has 2 aromatic rings. The Morgan fingerprint density at radius 2 is 1.68 bits per heavy atom. The van der Waals surface area contributed by atoms with Gasteiger partial charge in [-0.1, -0.05) is 24.3 Å². The minimum Gasteiger partial charge on any atom is -0.352 e. The highest BCUT2D eigenvalue weighted by Crippen LogP contribution is 2.17. The Balaban J connectivity index is 0.00000392. The van der Waals surface area contributed by atoms with Crippen molar-refractivity contribution < 1.29 is 8.42 Å². The maximum absolute atomic E-state index is 12.7. The van der Waals surface area contributed by atoms with E-state index in [1.54, 1.807) is 31.4 Å². The standard InChI is InChI=1S/C19H27N5O2S.HI/c1-19(2,3)24-27(25,26)17-11-6-5-9-15(17)13-22-18(20-4)23-14-16-10-7-8-12-21-16;/h5-12,24H,13-14H2,1-4H3,(H2,20,22,23);1H. The summed E-state index contributed by atoms with van der Waals surface area (Å²) in [6, 6.07) is 12.6. The van der Waals surface area contributed by atoms with Crippen molar-refractivity contribution in [1.29, 1.82) is 0 Å². The number of benzene rings is 1. The smallest absolute Gasteiger partial charge is 0.241 e. The van der Waals surface area contributed by atoms with Gasteiger partial charge in [-0.2, -0.15) is 0 Å². The molecule has 0 atom stereocenters. The Hall–Kier alpha value is -1.72. The van der Waals surface area contributed by atoms with Crippen molar-refractivity contribution in [3.05, 3.63) is 59.9 Å². The molecule has 9 heteroatoms. The predicted molar refractivity (Wildman–Crippen MR) is 123 cm³/mol. The Morgan fingerprint density at radius 1 is 1.04 bits per heavy atom. The van der Waals surface area contributed by atoms with Crippen molar-refractivity contribution in [2.75, 3.05) is 7.05 Å². The molecule has 154 valence electrons. The summed E-state index contributed by atoms with van der Waals surface area (Å²) in [5, 5.41) is 6.31. The molecule has 2 rings (SSSR count). The topological polar surface area (TPSA) is 95.5 Å². The first-order chi connectivity index (χ1) is 12.7. The van der Waals surface area contributed by atoms with Gasteiger partial charge in [-0.05, 0) is 44.5 Å². The van der Waals surface area contributed by atoms with E-state index in [0.29, 0.717) is 24.6 Å². The van der Waals surface area contributed by atoms with Crippen LogP contribution in [0.1, 0.15) is 32.0 Å². The maximum Gasteiger partial charge on any atom is 0.241 e. The second-order valence-electron chi connectivity index (χ2n) is 7.06. The summed E-state index contributed by atoms with van der Waals surface area (Å²) >= 11 is 0. The molecule has 0 fully saturated rings. The van der Waals surface area contributed by atoms with E-state index < -0.39 is 15.6 Å². The lowest BCUT2D eigenvalue weighted by Gasteiger charge is -2.22. The van der Waals surface area contributed by atoms with E-state index in [1.807, 2.05) is 45.0 Å². The minimum absolute atomic E-state index is 0. The lowest BCUT2D eigenvalue weighted by molar-refractivity contribution is 0.491. The predicted octanol–water partition coefficient (Wildman–Crippen LogP) is 2.64. The monoisotopic (exact) mass is 517 g/mol. The molecule has 0 bridgehead atoms. The number of nitrogens with zero attached hydrogens (tertiary/aromatic N) is 2. The molecule has 0 aliphatic carbocycles. The van der Waals surface area contributed by atoms with Crippen LogP contribution in [0.4, 0.5) is 0 Å². The molecule has 0 aliphatic heterocycles. The number of rotatable bonds is 6. The molecule has 1 aromatic heterocycles. The van der Waals surface area contributed by atoms with E-state index in [0.717, 1.165) is 5.69 Å². The average molecular weight is 517 g/mol. The molecule has 3 N–H and O–H groups in total. The minimum atomic E-state index is -3.62. The fourth-order valence-electron chi connectivity index (χ4n) is 2.45. The number of aromatic nitrogens is 1. The van der Waals surface area contributed by atoms with E-state index >= 15 is 0 Å². The first-order valence-corrected chi connectivity index (χ1v) is 10.2. The second-order valence-corrected chi connectivity index (χ2v) is 8.71. The summed E-state index contributed by atoms with van der Waals surface area (Å²) in [6.07, 6.45) is 1.73. The average Bonchev–Trinajstić information content (AvgIpc) is 2.61. The van der Waals surface area contributed by atoms with Crippen LogP contribution in [0.25, 0.3) is 0 Å². The molecular formula is C19H28IN5O2S. The van der Waals surface area contributed by atoms with Gasteiger partial charge in [-0.3, -0.25) is 9.98 Å². The maximum atomic E-state index is 12.7. The van der Waals surface area contributed by atoms with Gasteiger partial charge in [0.1, 0.15) is 0 Å². The van der Waals surface area contributed by atoms with E-state index in [-0.39, 0.29) is 28.9 Å². The SMILES string of the molecule is CN=C(NCc1ccccn1)NCc1ccccc1S(=O)(=O)NC(C)(C)C.I. The molecule has 7 nitrogen and oxygen atoms in total. The van der Waals surface area contributed by atoms with Crippen molar-refractivity contribution >= 4 is 40.0 Å². The number of hydrogen-bond donors (Lipinski definition) is 3. The fourth-order valence-corrected chi connectivity index (χ4v) is 4.11. The number of sulfonamides is 1. The molecule has 0 saturated carbocycles. The lowest BCUT2D eigenvalue weighted by atomic mass is 10.1. The highest BCUT2D eigenvalue weighted by atomic mass is 127. The third-order valence-corrected chi connectivity index (χ3v) is 5.39. The van der Waals surface area contributed by atoms with Gasteiger partial charge in [-0.25, -0.2) is 13.1 Å². The molecule has 0 spiro atoms. The van der Waals surface area contributed by atoms with Crippen molar-refractivity contribution in [2.24, 2.45) is 4.99 Å². The molecule has 0 radical (unpaired) electrons. The summed E-state index contributed by atoms with van der Waals surface area (Å²) in [5.41, 5.74) is 0.993. The van der Waals surface area contributed by atoms with Crippen LogP contribution in [-0.4, -0.2) is 31.9 Å². The Kier molecular flexibility index (Phi) is 9.31. The van der Waals surface area contributed by atoms with E-state index in [2.05, 4.69) is 25.3 Å². The zero-order valence-corrected chi connectivity index (χ0v) is 19.7. The summed E-state index contributed by atoms with van der Waals surface area (Å²) in [6.45, 7) is 6.29. The van der Waals surface area contributed by atoms with Crippen LogP contribution >= 0.6 is 24.0 Å². The van der Waals surface area contributed by atoms with Crippen LogP contribution < -0.4 is 15.4 Å². The zero-order valence-electron chi connectivity index (χ0n) is 16.6. The van der Waals surface area contributed by atoms with Crippen molar-refractivity contribution in [3.63, 3.8) is 0 Å². The molecule has 0 saturated heterocycles. The molecule has 1 aromatic carbocycles. The first kappa shape index (κ1) is 24.3. The summed E-state index contributed by atoms with van der Waals surface area (Å²) in [4.78, 5) is 8.68. The third-order valence-electron chi connectivity index (χ3n) is 3.54. The van der Waals surface area contributed by atoms with Crippen molar-refractivity contribution in [3.8, 4) is 0 Å². The molecule has 0 aliphatic rings. The van der Waals surface area contributed by atoms with Gasteiger partial charge in [0.05, 0.1) is 17.1 Å². The van der Waals surface area contributed by atoms with Gasteiger partial charge in [0.2, 0.25) is 10.0 Å².